The van der Waals surface area contributed by atoms with Crippen molar-refractivity contribution < 1.29 is 14.3 Å². The molecule has 5 nitrogen and oxygen atoms in total. The Kier molecular flexibility index (Phi) is 4.37. The van der Waals surface area contributed by atoms with Gasteiger partial charge in [0.25, 0.3) is 0 Å². The fourth-order valence-corrected chi connectivity index (χ4v) is 2.89. The molecule has 1 aliphatic carbocycles. The Balaban J connectivity index is 2.06. The molecule has 0 spiro atoms. The van der Waals surface area contributed by atoms with Gasteiger partial charge < -0.3 is 15.0 Å². The quantitative estimate of drug-likeness (QED) is 0.799. The molecule has 1 saturated carbocycles. The largest absolute Gasteiger partial charge is 0.385 e. The maximum Gasteiger partial charge on any atom is 0.248 e. The number of nitrogens with one attached hydrogen (secondary N) is 1. The number of methoxy groups -OCH3 is 1. The third-order valence-corrected chi connectivity index (χ3v) is 4.81. The summed E-state index contributed by atoms with van der Waals surface area (Å²) in [4.78, 5) is 26.4. The Labute approximate surface area is 121 Å². The number of amides is 2. The van der Waals surface area contributed by atoms with E-state index in [9.17, 15) is 9.59 Å². The normalized spacial score (nSPS) is 29.1. The Morgan fingerprint density at radius 3 is 2.60 bits per heavy atom. The van der Waals surface area contributed by atoms with Gasteiger partial charge in [-0.1, -0.05) is 6.92 Å². The van der Waals surface area contributed by atoms with Crippen LogP contribution in [0.25, 0.3) is 0 Å². The predicted octanol–water partition coefficient (Wildman–Crippen LogP) is 1.32. The second-order valence-electron chi connectivity index (χ2n) is 6.45. The van der Waals surface area contributed by atoms with Gasteiger partial charge in [-0.3, -0.25) is 9.59 Å². The minimum Gasteiger partial charge on any atom is -0.385 e. The molecule has 1 heterocycles. The fraction of sp³-hybridized carbons (Fsp3) is 0.867. The molecule has 2 fully saturated rings. The molecule has 114 valence electrons. The van der Waals surface area contributed by atoms with Crippen molar-refractivity contribution in [3.05, 3.63) is 0 Å². The lowest BCUT2D eigenvalue weighted by Gasteiger charge is -2.33. The van der Waals surface area contributed by atoms with E-state index in [0.29, 0.717) is 19.4 Å². The van der Waals surface area contributed by atoms with Crippen molar-refractivity contribution in [3.8, 4) is 0 Å². The van der Waals surface area contributed by atoms with Crippen molar-refractivity contribution in [2.75, 3.05) is 26.8 Å². The van der Waals surface area contributed by atoms with E-state index >= 15 is 0 Å². The van der Waals surface area contributed by atoms with E-state index in [1.54, 1.807) is 7.11 Å². The summed E-state index contributed by atoms with van der Waals surface area (Å²) < 4.78 is 5.17. The smallest absolute Gasteiger partial charge is 0.248 e. The van der Waals surface area contributed by atoms with E-state index in [-0.39, 0.29) is 17.2 Å². The highest BCUT2D eigenvalue weighted by Crippen LogP contribution is 2.49. The molecule has 1 unspecified atom stereocenters. The molecule has 1 atom stereocenters. The molecule has 1 saturated heterocycles. The average molecular weight is 282 g/mol. The molecule has 0 bridgehead atoms. The topological polar surface area (TPSA) is 58.6 Å². The van der Waals surface area contributed by atoms with Crippen LogP contribution >= 0.6 is 0 Å². The highest BCUT2D eigenvalue weighted by Gasteiger charge is 2.47. The molecule has 0 aromatic rings. The van der Waals surface area contributed by atoms with Crippen LogP contribution in [-0.2, 0) is 14.3 Å². The standard InChI is InChI=1S/C15H26N2O3/c1-4-14(2)13(19)17(9-5-12(18)16-14)11-15(6-7-15)8-10-20-3/h4-11H2,1-3H3,(H,16,18). The number of ether oxygens (including phenoxy) is 1. The van der Waals surface area contributed by atoms with E-state index in [2.05, 4.69) is 5.32 Å². The number of carbonyl (C=O) groups excluding carboxylic acids is 2. The molecule has 2 aliphatic rings. The third kappa shape index (κ3) is 3.14. The Bertz CT molecular complexity index is 393. The second-order valence-corrected chi connectivity index (χ2v) is 6.45. The van der Waals surface area contributed by atoms with Gasteiger partial charge in [0, 0.05) is 33.2 Å². The van der Waals surface area contributed by atoms with Crippen LogP contribution in [-0.4, -0.2) is 49.1 Å². The van der Waals surface area contributed by atoms with E-state index in [0.717, 1.165) is 32.4 Å². The molecular formula is C15H26N2O3. The van der Waals surface area contributed by atoms with Crippen molar-refractivity contribution in [1.29, 1.82) is 0 Å². The summed E-state index contributed by atoms with van der Waals surface area (Å²) >= 11 is 0. The molecule has 0 aromatic heterocycles. The van der Waals surface area contributed by atoms with Crippen LogP contribution < -0.4 is 5.32 Å². The molecular weight excluding hydrogens is 256 g/mol. The lowest BCUT2D eigenvalue weighted by molar-refractivity contribution is -0.139. The van der Waals surface area contributed by atoms with Crippen LogP contribution in [0.5, 0.6) is 0 Å². The summed E-state index contributed by atoms with van der Waals surface area (Å²) in [6.07, 6.45) is 4.34. The van der Waals surface area contributed by atoms with Gasteiger partial charge in [-0.2, -0.15) is 0 Å². The lowest BCUT2D eigenvalue weighted by Crippen LogP contribution is -2.55. The van der Waals surface area contributed by atoms with E-state index < -0.39 is 5.54 Å². The number of nitrogens with zero attached hydrogens (tertiary/aromatic N) is 1. The summed E-state index contributed by atoms with van der Waals surface area (Å²) in [5, 5.41) is 2.88. The molecule has 1 N–H and O–H groups in total. The first-order valence-corrected chi connectivity index (χ1v) is 7.54. The summed E-state index contributed by atoms with van der Waals surface area (Å²) in [6.45, 7) is 5.82. The van der Waals surface area contributed by atoms with E-state index in [1.807, 2.05) is 18.7 Å². The molecule has 2 rings (SSSR count). The highest BCUT2D eigenvalue weighted by molar-refractivity contribution is 5.93. The van der Waals surface area contributed by atoms with Crippen LogP contribution in [0.2, 0.25) is 0 Å². The maximum absolute atomic E-state index is 12.7. The minimum atomic E-state index is -0.745. The van der Waals surface area contributed by atoms with Crippen molar-refractivity contribution in [2.45, 2.75) is 51.5 Å². The van der Waals surface area contributed by atoms with E-state index in [4.69, 9.17) is 4.74 Å². The molecule has 2 amide bonds. The number of carbonyl (C=O) groups is 2. The SMILES string of the molecule is CCC1(C)NC(=O)CCN(CC2(CCOC)CC2)C1=O. The summed E-state index contributed by atoms with van der Waals surface area (Å²) in [7, 11) is 1.71. The van der Waals surface area contributed by atoms with Crippen LogP contribution in [0.1, 0.15) is 46.0 Å². The van der Waals surface area contributed by atoms with Gasteiger partial charge in [0.1, 0.15) is 5.54 Å². The van der Waals surface area contributed by atoms with Gasteiger partial charge in [0.05, 0.1) is 0 Å². The van der Waals surface area contributed by atoms with Crippen LogP contribution in [0, 0.1) is 5.41 Å². The van der Waals surface area contributed by atoms with Crippen molar-refractivity contribution >= 4 is 11.8 Å². The first-order valence-electron chi connectivity index (χ1n) is 7.54. The molecule has 1 aliphatic heterocycles. The van der Waals surface area contributed by atoms with Crippen LogP contribution in [0.3, 0.4) is 0 Å². The highest BCUT2D eigenvalue weighted by atomic mass is 16.5. The molecule has 20 heavy (non-hydrogen) atoms. The van der Waals surface area contributed by atoms with Gasteiger partial charge in [-0.25, -0.2) is 0 Å². The minimum absolute atomic E-state index is 0.0214. The van der Waals surface area contributed by atoms with Crippen LogP contribution in [0.4, 0.5) is 0 Å². The zero-order chi connectivity index (χ0) is 14.8. The van der Waals surface area contributed by atoms with Crippen molar-refractivity contribution in [3.63, 3.8) is 0 Å². The number of hydrogen-bond acceptors (Lipinski definition) is 3. The van der Waals surface area contributed by atoms with Gasteiger partial charge in [-0.05, 0) is 38.0 Å². The average Bonchev–Trinajstić information content (AvgIpc) is 3.20. The summed E-state index contributed by atoms with van der Waals surface area (Å²) in [6, 6.07) is 0. The van der Waals surface area contributed by atoms with Gasteiger partial charge in [-0.15, -0.1) is 0 Å². The van der Waals surface area contributed by atoms with Crippen LogP contribution in [0.15, 0.2) is 0 Å². The van der Waals surface area contributed by atoms with Crippen molar-refractivity contribution in [2.24, 2.45) is 5.41 Å². The van der Waals surface area contributed by atoms with E-state index in [1.165, 1.54) is 0 Å². The lowest BCUT2D eigenvalue weighted by atomic mass is 9.95. The number of rotatable bonds is 6. The Morgan fingerprint density at radius 2 is 2.05 bits per heavy atom. The zero-order valence-electron chi connectivity index (χ0n) is 12.8. The zero-order valence-corrected chi connectivity index (χ0v) is 12.8. The summed E-state index contributed by atoms with van der Waals surface area (Å²) in [5.41, 5.74) is -0.515. The second kappa shape index (κ2) is 5.72. The monoisotopic (exact) mass is 282 g/mol. The maximum atomic E-state index is 12.7. The molecule has 0 radical (unpaired) electrons. The van der Waals surface area contributed by atoms with Gasteiger partial charge in [0.15, 0.2) is 0 Å². The molecule has 5 heteroatoms. The van der Waals surface area contributed by atoms with Crippen molar-refractivity contribution in [1.82, 2.24) is 10.2 Å². The Hall–Kier alpha value is -1.10. The Morgan fingerprint density at radius 1 is 1.35 bits per heavy atom. The summed E-state index contributed by atoms with van der Waals surface area (Å²) in [5.74, 6) is 0.0430. The first kappa shape index (κ1) is 15.3. The van der Waals surface area contributed by atoms with Gasteiger partial charge in [0.2, 0.25) is 11.8 Å². The first-order chi connectivity index (χ1) is 9.45. The predicted molar refractivity (Wildman–Crippen MR) is 76.2 cm³/mol. The number of hydrogen-bond donors (Lipinski definition) is 1. The fourth-order valence-electron chi connectivity index (χ4n) is 2.89. The van der Waals surface area contributed by atoms with Gasteiger partial charge >= 0.3 is 0 Å². The third-order valence-electron chi connectivity index (χ3n) is 4.81. The molecule has 0 aromatic carbocycles.